The van der Waals surface area contributed by atoms with Crippen LogP contribution in [0.1, 0.15) is 49.9 Å². The zero-order valence-corrected chi connectivity index (χ0v) is 22.1. The molecule has 188 valence electrons. The molecule has 0 saturated carbocycles. The van der Waals surface area contributed by atoms with Crippen LogP contribution in [0, 0.1) is 12.8 Å². The summed E-state index contributed by atoms with van der Waals surface area (Å²) in [6, 6.07) is 19.8. The van der Waals surface area contributed by atoms with Crippen LogP contribution >= 0.6 is 11.3 Å². The molecule has 7 heteroatoms. The van der Waals surface area contributed by atoms with Gasteiger partial charge in [-0.1, -0.05) is 60.7 Å². The van der Waals surface area contributed by atoms with Crippen molar-refractivity contribution in [2.45, 2.75) is 46.1 Å². The molecule has 36 heavy (non-hydrogen) atoms. The van der Waals surface area contributed by atoms with Gasteiger partial charge in [0.2, 0.25) is 0 Å². The zero-order valence-electron chi connectivity index (χ0n) is 21.3. The van der Waals surface area contributed by atoms with Crippen molar-refractivity contribution in [2.75, 3.05) is 13.2 Å². The summed E-state index contributed by atoms with van der Waals surface area (Å²) in [5.74, 6) is -2.23. The molecule has 3 atom stereocenters. The molecule has 1 aliphatic heterocycles. The number of esters is 2. The van der Waals surface area contributed by atoms with E-state index in [4.69, 9.17) is 14.5 Å². The third-order valence-corrected chi connectivity index (χ3v) is 7.93. The van der Waals surface area contributed by atoms with Gasteiger partial charge < -0.3 is 14.8 Å². The topological polar surface area (TPSA) is 77.5 Å². The average Bonchev–Trinajstić information content (AvgIpc) is 3.26. The van der Waals surface area contributed by atoms with E-state index in [-0.39, 0.29) is 19.2 Å². The van der Waals surface area contributed by atoms with Crippen LogP contribution in [0.2, 0.25) is 0 Å². The second-order valence-electron chi connectivity index (χ2n) is 8.99. The molecule has 2 aromatic carbocycles. The Hall–Kier alpha value is -3.45. The summed E-state index contributed by atoms with van der Waals surface area (Å²) in [5, 5.41) is 4.19. The predicted molar refractivity (Wildman–Crippen MR) is 141 cm³/mol. The molecule has 0 saturated heterocycles. The number of allylic oxidation sites excluding steroid dienone is 1. The maximum Gasteiger partial charge on any atom is 0.336 e. The summed E-state index contributed by atoms with van der Waals surface area (Å²) >= 11 is 1.51. The number of aryl methyl sites for hydroxylation is 1. The summed E-state index contributed by atoms with van der Waals surface area (Å²) in [6.07, 6.45) is 0. The van der Waals surface area contributed by atoms with Crippen molar-refractivity contribution in [1.29, 1.82) is 0 Å². The normalized spacial score (nSPS) is 21.6. The highest BCUT2D eigenvalue weighted by Gasteiger charge is 2.54. The standard InChI is InChI=1S/C29H32N2O4S/c1-6-34-27(32)22-18(3)31-29(5,21-16-12-9-13-17-21)24(28(33)35-7-2)23(22)26-30-19(4)25(36-26)20-14-10-8-11-15-20/h8-17,23-24,31H,6-7H2,1-5H3. The van der Waals surface area contributed by atoms with E-state index in [1.807, 2.05) is 81.4 Å². The summed E-state index contributed by atoms with van der Waals surface area (Å²) in [6.45, 7) is 9.83. The van der Waals surface area contributed by atoms with Crippen LogP contribution in [0.25, 0.3) is 10.4 Å². The van der Waals surface area contributed by atoms with Gasteiger partial charge in [0.05, 0.1) is 46.7 Å². The minimum atomic E-state index is -0.843. The van der Waals surface area contributed by atoms with Crippen molar-refractivity contribution >= 4 is 23.3 Å². The smallest absolute Gasteiger partial charge is 0.336 e. The number of carbonyl (C=O) groups is 2. The molecule has 0 amide bonds. The first kappa shape index (κ1) is 25.6. The summed E-state index contributed by atoms with van der Waals surface area (Å²) in [4.78, 5) is 33.0. The third kappa shape index (κ3) is 4.67. The molecule has 4 rings (SSSR count). The van der Waals surface area contributed by atoms with Gasteiger partial charge in [-0.15, -0.1) is 11.3 Å². The number of aromatic nitrogens is 1. The lowest BCUT2D eigenvalue weighted by molar-refractivity contribution is -0.152. The first-order valence-corrected chi connectivity index (χ1v) is 13.0. The zero-order chi connectivity index (χ0) is 25.9. The van der Waals surface area contributed by atoms with Crippen molar-refractivity contribution in [3.8, 4) is 10.4 Å². The number of ether oxygens (including phenoxy) is 2. The maximum absolute atomic E-state index is 13.7. The number of carbonyl (C=O) groups excluding carboxylic acids is 2. The van der Waals surface area contributed by atoms with Crippen LogP contribution in [-0.4, -0.2) is 30.1 Å². The van der Waals surface area contributed by atoms with Gasteiger partial charge in [-0.05, 0) is 45.7 Å². The third-order valence-electron chi connectivity index (χ3n) is 6.64. The van der Waals surface area contributed by atoms with Crippen molar-refractivity contribution < 1.29 is 19.1 Å². The number of thiazole rings is 1. The van der Waals surface area contributed by atoms with E-state index < -0.39 is 23.3 Å². The molecule has 1 aromatic heterocycles. The Morgan fingerprint density at radius 1 is 0.972 bits per heavy atom. The number of nitrogens with one attached hydrogen (secondary N) is 1. The molecule has 2 heterocycles. The Morgan fingerprint density at radius 3 is 2.19 bits per heavy atom. The summed E-state index contributed by atoms with van der Waals surface area (Å²) in [5.41, 5.74) is 3.06. The Morgan fingerprint density at radius 2 is 1.58 bits per heavy atom. The van der Waals surface area contributed by atoms with E-state index in [0.717, 1.165) is 21.7 Å². The Kier molecular flexibility index (Phi) is 7.59. The highest BCUT2D eigenvalue weighted by Crippen LogP contribution is 2.50. The lowest BCUT2D eigenvalue weighted by atomic mass is 9.67. The Bertz CT molecular complexity index is 1270. The molecule has 1 N–H and O–H groups in total. The molecule has 0 fully saturated rings. The van der Waals surface area contributed by atoms with Crippen molar-refractivity contribution in [3.05, 3.63) is 88.2 Å². The van der Waals surface area contributed by atoms with Gasteiger partial charge in [0.1, 0.15) is 5.01 Å². The lowest BCUT2D eigenvalue weighted by Crippen LogP contribution is -2.55. The van der Waals surface area contributed by atoms with Crippen LogP contribution in [0.3, 0.4) is 0 Å². The van der Waals surface area contributed by atoms with Gasteiger partial charge in [0.15, 0.2) is 0 Å². The SMILES string of the molecule is CCOC(=O)C1=C(C)NC(C)(c2ccccc2)C(C(=O)OCC)C1c1nc(C)c(-c2ccccc2)s1. The van der Waals surface area contributed by atoms with Crippen LogP contribution in [0.4, 0.5) is 0 Å². The van der Waals surface area contributed by atoms with Crippen LogP contribution < -0.4 is 5.32 Å². The molecule has 0 spiro atoms. The van der Waals surface area contributed by atoms with Crippen molar-refractivity contribution in [3.63, 3.8) is 0 Å². The highest BCUT2D eigenvalue weighted by molar-refractivity contribution is 7.15. The number of rotatable bonds is 7. The molecule has 0 aliphatic carbocycles. The van der Waals surface area contributed by atoms with Crippen LogP contribution in [0.15, 0.2) is 71.9 Å². The first-order valence-electron chi connectivity index (χ1n) is 12.2. The second kappa shape index (κ2) is 10.7. The van der Waals surface area contributed by atoms with E-state index in [1.165, 1.54) is 11.3 Å². The van der Waals surface area contributed by atoms with Crippen LogP contribution in [0.5, 0.6) is 0 Å². The summed E-state index contributed by atoms with van der Waals surface area (Å²) in [7, 11) is 0. The lowest BCUT2D eigenvalue weighted by Gasteiger charge is -2.46. The molecule has 0 radical (unpaired) electrons. The largest absolute Gasteiger partial charge is 0.466 e. The molecular formula is C29H32N2O4S. The second-order valence-corrected chi connectivity index (χ2v) is 10.0. The van der Waals surface area contributed by atoms with Gasteiger partial charge >= 0.3 is 11.9 Å². The van der Waals surface area contributed by atoms with Crippen LogP contribution in [-0.2, 0) is 24.6 Å². The Labute approximate surface area is 216 Å². The fraction of sp³-hybridized carbons (Fsp3) is 0.345. The number of nitrogens with zero attached hydrogens (tertiary/aromatic N) is 1. The van der Waals surface area contributed by atoms with Gasteiger partial charge in [0.25, 0.3) is 0 Å². The summed E-state index contributed by atoms with van der Waals surface area (Å²) < 4.78 is 11.1. The fourth-order valence-electron chi connectivity index (χ4n) is 5.07. The Balaban J connectivity index is 1.97. The molecular weight excluding hydrogens is 472 g/mol. The van der Waals surface area contributed by atoms with Gasteiger partial charge in [-0.3, -0.25) is 4.79 Å². The van der Waals surface area contributed by atoms with Gasteiger partial charge in [-0.2, -0.15) is 0 Å². The van der Waals surface area contributed by atoms with Gasteiger partial charge in [0, 0.05) is 5.70 Å². The number of hydrogen-bond donors (Lipinski definition) is 1. The average molecular weight is 505 g/mol. The molecule has 3 aromatic rings. The first-order chi connectivity index (χ1) is 17.3. The fourth-order valence-corrected chi connectivity index (χ4v) is 6.29. The monoisotopic (exact) mass is 504 g/mol. The van der Waals surface area contributed by atoms with Crippen molar-refractivity contribution in [2.24, 2.45) is 5.92 Å². The van der Waals surface area contributed by atoms with E-state index in [2.05, 4.69) is 5.32 Å². The van der Waals surface area contributed by atoms with Crippen molar-refractivity contribution in [1.82, 2.24) is 10.3 Å². The number of hydrogen-bond acceptors (Lipinski definition) is 7. The molecule has 0 bridgehead atoms. The van der Waals surface area contributed by atoms with E-state index in [1.54, 1.807) is 13.8 Å². The maximum atomic E-state index is 13.7. The van der Waals surface area contributed by atoms with E-state index in [9.17, 15) is 9.59 Å². The minimum absolute atomic E-state index is 0.231. The number of benzene rings is 2. The highest BCUT2D eigenvalue weighted by atomic mass is 32.1. The minimum Gasteiger partial charge on any atom is -0.466 e. The molecule has 6 nitrogen and oxygen atoms in total. The predicted octanol–water partition coefficient (Wildman–Crippen LogP) is 5.74. The van der Waals surface area contributed by atoms with E-state index >= 15 is 0 Å². The molecule has 3 unspecified atom stereocenters. The van der Waals surface area contributed by atoms with E-state index in [0.29, 0.717) is 16.3 Å². The quantitative estimate of drug-likeness (QED) is 0.414. The molecule has 1 aliphatic rings. The van der Waals surface area contributed by atoms with Gasteiger partial charge in [-0.25, -0.2) is 9.78 Å².